The number of sulfonamides is 1. The predicted molar refractivity (Wildman–Crippen MR) is 138 cm³/mol. The van der Waals surface area contributed by atoms with Crippen molar-refractivity contribution in [2.75, 3.05) is 48.0 Å². The Balaban J connectivity index is 1.51. The van der Waals surface area contributed by atoms with Crippen LogP contribution in [0.15, 0.2) is 29.3 Å². The summed E-state index contributed by atoms with van der Waals surface area (Å²) < 4.78 is 31.6. The Morgan fingerprint density at radius 3 is 2.63 bits per heavy atom. The van der Waals surface area contributed by atoms with Gasteiger partial charge in [-0.15, -0.1) is 0 Å². The number of pyridine rings is 1. The fourth-order valence-corrected chi connectivity index (χ4v) is 5.00. The summed E-state index contributed by atoms with van der Waals surface area (Å²) in [5, 5.41) is 3.42. The molecule has 2 aromatic rings. The minimum Gasteiger partial charge on any atom is -0.378 e. The van der Waals surface area contributed by atoms with Gasteiger partial charge in [-0.3, -0.25) is 19.1 Å². The molecule has 1 aromatic heterocycles. The van der Waals surface area contributed by atoms with Gasteiger partial charge in [0, 0.05) is 57.4 Å². The smallest absolute Gasteiger partial charge is 0.232 e. The fraction of sp³-hybridized carbons (Fsp3) is 0.480. The third kappa shape index (κ3) is 4.90. The maximum Gasteiger partial charge on any atom is 0.232 e. The van der Waals surface area contributed by atoms with E-state index in [1.807, 2.05) is 31.2 Å². The van der Waals surface area contributed by atoms with Crippen LogP contribution in [0.3, 0.4) is 0 Å². The first-order valence-electron chi connectivity index (χ1n) is 11.8. The number of anilines is 4. The van der Waals surface area contributed by atoms with Crippen LogP contribution in [-0.4, -0.2) is 64.5 Å². The Kier molecular flexibility index (Phi) is 6.04. The van der Waals surface area contributed by atoms with Gasteiger partial charge in [-0.25, -0.2) is 8.42 Å². The van der Waals surface area contributed by atoms with E-state index in [1.165, 1.54) is 10.6 Å². The van der Waals surface area contributed by atoms with E-state index in [0.29, 0.717) is 29.9 Å². The number of ether oxygens (including phenoxy) is 1. The number of Topliss-reactive ketones (excluding diaryl/α,β-unsaturated/α-hetero) is 1. The normalized spacial score (nSPS) is 17.6. The van der Waals surface area contributed by atoms with E-state index in [1.54, 1.807) is 14.2 Å². The lowest BCUT2D eigenvalue weighted by molar-refractivity contribution is -0.119. The number of aromatic nitrogens is 1. The molecule has 2 fully saturated rings. The topological polar surface area (TPSA) is 104 Å². The number of carbonyl (C=O) groups excluding carboxylic acids is 1. The number of fused-ring (bicyclic) bond motifs is 1. The lowest BCUT2D eigenvalue weighted by atomic mass is 10.1. The van der Waals surface area contributed by atoms with Crippen molar-refractivity contribution in [1.82, 2.24) is 4.98 Å². The quantitative estimate of drug-likeness (QED) is 0.567. The maximum absolute atomic E-state index is 12.5. The van der Waals surface area contributed by atoms with E-state index in [-0.39, 0.29) is 17.8 Å². The van der Waals surface area contributed by atoms with Gasteiger partial charge in [0.1, 0.15) is 11.5 Å². The number of hydrogen-bond acceptors (Lipinski definition) is 8. The van der Waals surface area contributed by atoms with Crippen LogP contribution in [0.1, 0.15) is 31.2 Å². The number of carbonyl (C=O) groups is 1. The van der Waals surface area contributed by atoms with Crippen molar-refractivity contribution in [1.29, 1.82) is 0 Å². The summed E-state index contributed by atoms with van der Waals surface area (Å²) in [4.78, 5) is 24.0. The van der Waals surface area contributed by atoms with Crippen LogP contribution in [-0.2, 0) is 32.4 Å². The molecule has 9 nitrogen and oxygen atoms in total. The molecule has 1 N–H and O–H groups in total. The monoisotopic (exact) mass is 497 g/mol. The summed E-state index contributed by atoms with van der Waals surface area (Å²) in [6.07, 6.45) is 4.24. The summed E-state index contributed by atoms with van der Waals surface area (Å²) in [6, 6.07) is 7.61. The highest BCUT2D eigenvalue weighted by atomic mass is 32.2. The van der Waals surface area contributed by atoms with E-state index in [4.69, 9.17) is 9.72 Å². The van der Waals surface area contributed by atoms with Gasteiger partial charge in [-0.2, -0.15) is 0 Å². The zero-order chi connectivity index (χ0) is 24.9. The van der Waals surface area contributed by atoms with Crippen LogP contribution in [0.25, 0.3) is 0 Å². The SMILES string of the molecule is COC1CN(c2ccc(Nc3cc(CC(=O)C4CC4)nc4c3N=C(C)C4)c(N(C)S(C)(=O)=O)c2)C1. The zero-order valence-corrected chi connectivity index (χ0v) is 21.4. The van der Waals surface area contributed by atoms with E-state index < -0.39 is 10.0 Å². The number of rotatable bonds is 9. The van der Waals surface area contributed by atoms with Crippen LogP contribution in [0.4, 0.5) is 28.4 Å². The van der Waals surface area contributed by atoms with Gasteiger partial charge in [0.15, 0.2) is 0 Å². The lowest BCUT2D eigenvalue weighted by Crippen LogP contribution is -2.51. The molecule has 35 heavy (non-hydrogen) atoms. The molecule has 0 bridgehead atoms. The summed E-state index contributed by atoms with van der Waals surface area (Å²) in [7, 11) is -0.254. The number of hydrogen-bond donors (Lipinski definition) is 1. The molecular formula is C25H31N5O4S. The van der Waals surface area contributed by atoms with Gasteiger partial charge in [0.05, 0.1) is 40.8 Å². The second kappa shape index (κ2) is 8.91. The molecule has 3 aliphatic rings. The molecule has 1 saturated heterocycles. The largest absolute Gasteiger partial charge is 0.378 e. The highest BCUT2D eigenvalue weighted by Crippen LogP contribution is 2.40. The average Bonchev–Trinajstić information content (AvgIpc) is 3.54. The molecule has 0 unspecified atom stereocenters. The van der Waals surface area contributed by atoms with Crippen LogP contribution >= 0.6 is 0 Å². The van der Waals surface area contributed by atoms with Crippen LogP contribution in [0.2, 0.25) is 0 Å². The second-order valence-corrected chi connectivity index (χ2v) is 11.7. The molecule has 0 amide bonds. The Morgan fingerprint density at radius 1 is 1.23 bits per heavy atom. The maximum atomic E-state index is 12.5. The Labute approximate surface area is 206 Å². The lowest BCUT2D eigenvalue weighted by Gasteiger charge is -2.40. The number of nitrogens with zero attached hydrogens (tertiary/aromatic N) is 4. The molecule has 1 aliphatic carbocycles. The summed E-state index contributed by atoms with van der Waals surface area (Å²) in [6.45, 7) is 3.48. The third-order valence-electron chi connectivity index (χ3n) is 6.87. The molecule has 2 aliphatic heterocycles. The molecule has 186 valence electrons. The van der Waals surface area contributed by atoms with Gasteiger partial charge in [0.25, 0.3) is 0 Å². The van der Waals surface area contributed by atoms with Gasteiger partial charge >= 0.3 is 0 Å². The van der Waals surface area contributed by atoms with Crippen molar-refractivity contribution in [3.8, 4) is 0 Å². The Morgan fingerprint density at radius 2 is 1.97 bits per heavy atom. The average molecular weight is 498 g/mol. The highest BCUT2D eigenvalue weighted by molar-refractivity contribution is 7.92. The van der Waals surface area contributed by atoms with Crippen molar-refractivity contribution in [3.63, 3.8) is 0 Å². The number of ketones is 1. The van der Waals surface area contributed by atoms with Crippen molar-refractivity contribution in [3.05, 3.63) is 35.7 Å². The van der Waals surface area contributed by atoms with Gasteiger partial charge in [-0.1, -0.05) is 0 Å². The van der Waals surface area contributed by atoms with E-state index in [2.05, 4.69) is 15.2 Å². The van der Waals surface area contributed by atoms with Crippen molar-refractivity contribution in [2.24, 2.45) is 10.9 Å². The first kappa shape index (κ1) is 23.7. The first-order chi connectivity index (χ1) is 16.6. The summed E-state index contributed by atoms with van der Waals surface area (Å²) in [5.74, 6) is 0.394. The van der Waals surface area contributed by atoms with Gasteiger partial charge in [-0.05, 0) is 44.0 Å². The summed E-state index contributed by atoms with van der Waals surface area (Å²) in [5.41, 5.74) is 6.08. The molecule has 3 heterocycles. The zero-order valence-electron chi connectivity index (χ0n) is 20.5. The standard InChI is InChI=1S/C25H31N5O4S/c1-15-9-21-25(26-15)22(10-17(27-21)11-24(31)16-5-6-16)28-20-8-7-18(30-13-19(14-30)34-3)12-23(20)29(2)35(4,32)33/h7-8,10,12,16,19H,5-6,9,11,13-14H2,1-4H3,(H,27,28). The first-order valence-corrected chi connectivity index (χ1v) is 13.7. The molecule has 1 saturated carbocycles. The molecule has 5 rings (SSSR count). The van der Waals surface area contributed by atoms with Crippen LogP contribution < -0.4 is 14.5 Å². The van der Waals surface area contributed by atoms with Crippen molar-refractivity contribution >= 4 is 50.0 Å². The minimum absolute atomic E-state index is 0.168. The molecule has 0 radical (unpaired) electrons. The number of methoxy groups -OCH3 is 1. The molecule has 0 spiro atoms. The molecule has 1 aromatic carbocycles. The summed E-state index contributed by atoms with van der Waals surface area (Å²) >= 11 is 0. The van der Waals surface area contributed by atoms with E-state index >= 15 is 0 Å². The van der Waals surface area contributed by atoms with Gasteiger partial charge in [0.2, 0.25) is 10.0 Å². The number of benzene rings is 1. The van der Waals surface area contributed by atoms with Crippen molar-refractivity contribution < 1.29 is 17.9 Å². The Hall–Kier alpha value is -2.98. The second-order valence-electron chi connectivity index (χ2n) is 9.72. The molecule has 10 heteroatoms. The highest BCUT2D eigenvalue weighted by Gasteiger charge is 2.31. The van der Waals surface area contributed by atoms with Gasteiger partial charge < -0.3 is 15.0 Å². The molecule has 0 atom stereocenters. The van der Waals surface area contributed by atoms with Crippen molar-refractivity contribution in [2.45, 2.75) is 38.7 Å². The minimum atomic E-state index is -3.50. The third-order valence-corrected chi connectivity index (χ3v) is 8.06. The number of aliphatic imine (C=N–C) groups is 1. The van der Waals surface area contributed by atoms with Crippen LogP contribution in [0, 0.1) is 5.92 Å². The fourth-order valence-electron chi connectivity index (χ4n) is 4.49. The number of nitrogens with one attached hydrogen (secondary N) is 1. The van der Waals surface area contributed by atoms with E-state index in [9.17, 15) is 13.2 Å². The Bertz CT molecular complexity index is 1310. The predicted octanol–water partition coefficient (Wildman–Crippen LogP) is 3.23. The van der Waals surface area contributed by atoms with E-state index in [0.717, 1.165) is 54.4 Å². The molecular weight excluding hydrogens is 466 g/mol. The van der Waals surface area contributed by atoms with Crippen LogP contribution in [0.5, 0.6) is 0 Å².